The minimum absolute atomic E-state index is 0.272. The molecule has 0 fully saturated rings. The SMILES string of the molecule is CC(C)c1ccc(OCc2ccccc2)c(C(=O)Nc2cccc(F)c2)c1. The molecular weight excluding hydrogens is 341 g/mol. The standard InChI is InChI=1S/C23H22FNO2/c1-16(2)18-11-12-22(27-15-17-7-4-3-5-8-17)21(13-18)23(26)25-20-10-6-9-19(24)14-20/h3-14,16H,15H2,1-2H3,(H,25,26). The van der Waals surface area contributed by atoms with Crippen LogP contribution in [0.15, 0.2) is 72.8 Å². The van der Waals surface area contributed by atoms with Gasteiger partial charge in [0.25, 0.3) is 5.91 Å². The monoisotopic (exact) mass is 363 g/mol. The van der Waals surface area contributed by atoms with Crippen LogP contribution in [-0.2, 0) is 6.61 Å². The highest BCUT2D eigenvalue weighted by Gasteiger charge is 2.15. The molecular formula is C23H22FNO2. The Labute approximate surface area is 158 Å². The van der Waals surface area contributed by atoms with Crippen molar-refractivity contribution < 1.29 is 13.9 Å². The highest BCUT2D eigenvalue weighted by Crippen LogP contribution is 2.26. The van der Waals surface area contributed by atoms with Crippen molar-refractivity contribution in [3.8, 4) is 5.75 Å². The zero-order valence-corrected chi connectivity index (χ0v) is 15.4. The number of anilines is 1. The summed E-state index contributed by atoms with van der Waals surface area (Å²) in [7, 11) is 0. The van der Waals surface area contributed by atoms with Crippen molar-refractivity contribution in [1.82, 2.24) is 0 Å². The number of benzene rings is 3. The highest BCUT2D eigenvalue weighted by atomic mass is 19.1. The second-order valence-electron chi connectivity index (χ2n) is 6.65. The molecule has 0 unspecified atom stereocenters. The van der Waals surface area contributed by atoms with E-state index in [2.05, 4.69) is 19.2 Å². The molecule has 3 aromatic rings. The summed E-state index contributed by atoms with van der Waals surface area (Å²) in [5, 5.41) is 2.74. The van der Waals surface area contributed by atoms with Gasteiger partial charge in [-0.15, -0.1) is 0 Å². The van der Waals surface area contributed by atoms with Crippen molar-refractivity contribution in [2.45, 2.75) is 26.4 Å². The molecule has 0 heterocycles. The Balaban J connectivity index is 1.85. The molecule has 0 saturated carbocycles. The number of hydrogen-bond donors (Lipinski definition) is 1. The largest absolute Gasteiger partial charge is 0.488 e. The first-order valence-corrected chi connectivity index (χ1v) is 8.90. The van der Waals surface area contributed by atoms with Gasteiger partial charge in [0, 0.05) is 5.69 Å². The molecule has 3 rings (SSSR count). The summed E-state index contributed by atoms with van der Waals surface area (Å²) in [6.07, 6.45) is 0. The molecule has 27 heavy (non-hydrogen) atoms. The lowest BCUT2D eigenvalue weighted by Crippen LogP contribution is -2.14. The second kappa shape index (κ2) is 8.49. The first kappa shape index (κ1) is 18.6. The van der Waals surface area contributed by atoms with Crippen molar-refractivity contribution in [3.63, 3.8) is 0 Å². The number of nitrogens with one attached hydrogen (secondary N) is 1. The van der Waals surface area contributed by atoms with Crippen LogP contribution in [0, 0.1) is 5.82 Å². The summed E-state index contributed by atoms with van der Waals surface area (Å²) < 4.78 is 19.3. The van der Waals surface area contributed by atoms with Crippen LogP contribution in [-0.4, -0.2) is 5.91 Å². The Hall–Kier alpha value is -3.14. The van der Waals surface area contributed by atoms with Crippen molar-refractivity contribution in [3.05, 3.63) is 95.3 Å². The van der Waals surface area contributed by atoms with Crippen LogP contribution >= 0.6 is 0 Å². The number of hydrogen-bond acceptors (Lipinski definition) is 2. The fraction of sp³-hybridized carbons (Fsp3) is 0.174. The van der Waals surface area contributed by atoms with Gasteiger partial charge < -0.3 is 10.1 Å². The third-order valence-electron chi connectivity index (χ3n) is 4.23. The van der Waals surface area contributed by atoms with E-state index in [1.54, 1.807) is 12.1 Å². The number of rotatable bonds is 6. The zero-order chi connectivity index (χ0) is 19.2. The molecule has 138 valence electrons. The van der Waals surface area contributed by atoms with Crippen LogP contribution in [0.25, 0.3) is 0 Å². The number of ether oxygens (including phenoxy) is 1. The zero-order valence-electron chi connectivity index (χ0n) is 15.4. The minimum atomic E-state index is -0.399. The lowest BCUT2D eigenvalue weighted by Gasteiger charge is -2.15. The van der Waals surface area contributed by atoms with E-state index >= 15 is 0 Å². The molecule has 0 aliphatic heterocycles. The average molecular weight is 363 g/mol. The highest BCUT2D eigenvalue weighted by molar-refractivity contribution is 6.06. The summed E-state index contributed by atoms with van der Waals surface area (Å²) in [5.74, 6) is 0.0430. The predicted octanol–water partition coefficient (Wildman–Crippen LogP) is 5.78. The third-order valence-corrected chi connectivity index (χ3v) is 4.23. The van der Waals surface area contributed by atoms with Crippen LogP contribution in [0.3, 0.4) is 0 Å². The van der Waals surface area contributed by atoms with E-state index < -0.39 is 5.82 Å². The Kier molecular flexibility index (Phi) is 5.87. The Morgan fingerprint density at radius 3 is 2.48 bits per heavy atom. The molecule has 0 aromatic heterocycles. The minimum Gasteiger partial charge on any atom is -0.488 e. The molecule has 4 heteroatoms. The molecule has 1 amide bonds. The van der Waals surface area contributed by atoms with Gasteiger partial charge in [-0.25, -0.2) is 4.39 Å². The van der Waals surface area contributed by atoms with Crippen molar-refractivity contribution >= 4 is 11.6 Å². The maximum Gasteiger partial charge on any atom is 0.259 e. The first-order chi connectivity index (χ1) is 13.0. The molecule has 0 bridgehead atoms. The summed E-state index contributed by atoms with van der Waals surface area (Å²) in [5.41, 5.74) is 2.89. The molecule has 0 aliphatic rings. The maximum absolute atomic E-state index is 13.4. The van der Waals surface area contributed by atoms with Gasteiger partial charge in [0.05, 0.1) is 5.56 Å². The van der Waals surface area contributed by atoms with E-state index in [4.69, 9.17) is 4.74 Å². The lowest BCUT2D eigenvalue weighted by atomic mass is 10.00. The molecule has 0 radical (unpaired) electrons. The fourth-order valence-electron chi connectivity index (χ4n) is 2.71. The number of carbonyl (C=O) groups is 1. The van der Waals surface area contributed by atoms with E-state index in [-0.39, 0.29) is 11.8 Å². The summed E-state index contributed by atoms with van der Waals surface area (Å²) in [6, 6.07) is 21.2. The molecule has 3 nitrogen and oxygen atoms in total. The van der Waals surface area contributed by atoms with Gasteiger partial charge in [0.15, 0.2) is 0 Å². The van der Waals surface area contributed by atoms with E-state index in [0.29, 0.717) is 23.6 Å². The Bertz CT molecular complexity index is 923. The molecule has 0 spiro atoms. The maximum atomic E-state index is 13.4. The fourth-order valence-corrected chi connectivity index (χ4v) is 2.71. The van der Waals surface area contributed by atoms with Gasteiger partial charge in [-0.05, 0) is 47.4 Å². The van der Waals surface area contributed by atoms with Crippen LogP contribution in [0.5, 0.6) is 5.75 Å². The van der Waals surface area contributed by atoms with Crippen LogP contribution in [0.2, 0.25) is 0 Å². The molecule has 1 N–H and O–H groups in total. The first-order valence-electron chi connectivity index (χ1n) is 8.90. The second-order valence-corrected chi connectivity index (χ2v) is 6.65. The van der Waals surface area contributed by atoms with Gasteiger partial charge in [-0.2, -0.15) is 0 Å². The van der Waals surface area contributed by atoms with Crippen molar-refractivity contribution in [2.24, 2.45) is 0 Å². The Morgan fingerprint density at radius 1 is 1.00 bits per heavy atom. The lowest BCUT2D eigenvalue weighted by molar-refractivity contribution is 0.102. The average Bonchev–Trinajstić information content (AvgIpc) is 2.67. The molecule has 0 atom stereocenters. The van der Waals surface area contributed by atoms with E-state index in [1.165, 1.54) is 12.1 Å². The summed E-state index contributed by atoms with van der Waals surface area (Å²) in [6.45, 7) is 4.49. The quantitative estimate of drug-likeness (QED) is 0.603. The summed E-state index contributed by atoms with van der Waals surface area (Å²) in [4.78, 5) is 12.8. The van der Waals surface area contributed by atoms with Crippen LogP contribution in [0.4, 0.5) is 10.1 Å². The van der Waals surface area contributed by atoms with Gasteiger partial charge >= 0.3 is 0 Å². The van der Waals surface area contributed by atoms with Gasteiger partial charge in [0.1, 0.15) is 18.2 Å². The summed E-state index contributed by atoms with van der Waals surface area (Å²) >= 11 is 0. The van der Waals surface area contributed by atoms with Crippen LogP contribution < -0.4 is 10.1 Å². The van der Waals surface area contributed by atoms with Gasteiger partial charge in [-0.1, -0.05) is 56.3 Å². The van der Waals surface area contributed by atoms with E-state index in [9.17, 15) is 9.18 Å². The van der Waals surface area contributed by atoms with Gasteiger partial charge in [-0.3, -0.25) is 4.79 Å². The van der Waals surface area contributed by atoms with Crippen LogP contribution in [0.1, 0.15) is 41.3 Å². The predicted molar refractivity (Wildman–Crippen MR) is 106 cm³/mol. The van der Waals surface area contributed by atoms with E-state index in [1.807, 2.05) is 48.5 Å². The Morgan fingerprint density at radius 2 is 1.78 bits per heavy atom. The number of halogens is 1. The normalized spacial score (nSPS) is 10.7. The van der Waals surface area contributed by atoms with Crippen molar-refractivity contribution in [1.29, 1.82) is 0 Å². The molecule has 0 aliphatic carbocycles. The number of amides is 1. The van der Waals surface area contributed by atoms with E-state index in [0.717, 1.165) is 11.1 Å². The van der Waals surface area contributed by atoms with Crippen molar-refractivity contribution in [2.75, 3.05) is 5.32 Å². The number of carbonyl (C=O) groups excluding carboxylic acids is 1. The topological polar surface area (TPSA) is 38.3 Å². The third kappa shape index (κ3) is 4.94. The van der Waals surface area contributed by atoms with Gasteiger partial charge in [0.2, 0.25) is 0 Å². The molecule has 3 aromatic carbocycles. The molecule has 0 saturated heterocycles. The smallest absolute Gasteiger partial charge is 0.259 e.